The molecule has 1 unspecified atom stereocenters. The SMILES string of the molecule is OC(O)c1nc2n(n1)C(c1ccccc1F)CC2. The number of fused-ring (bicyclic) bond motifs is 1. The summed E-state index contributed by atoms with van der Waals surface area (Å²) >= 11 is 0. The first kappa shape index (κ1) is 11.3. The second kappa shape index (κ2) is 4.15. The maximum Gasteiger partial charge on any atom is 0.216 e. The van der Waals surface area contributed by atoms with Gasteiger partial charge in [-0.2, -0.15) is 0 Å². The molecule has 0 saturated heterocycles. The summed E-state index contributed by atoms with van der Waals surface area (Å²) in [7, 11) is 0. The van der Waals surface area contributed by atoms with Crippen LogP contribution in [-0.4, -0.2) is 25.0 Å². The van der Waals surface area contributed by atoms with E-state index in [0.29, 0.717) is 17.8 Å². The quantitative estimate of drug-likeness (QED) is 0.777. The van der Waals surface area contributed by atoms with Gasteiger partial charge in [-0.3, -0.25) is 0 Å². The summed E-state index contributed by atoms with van der Waals surface area (Å²) in [5.74, 6) is 0.342. The number of halogens is 1. The zero-order valence-electron chi connectivity index (χ0n) is 9.49. The smallest absolute Gasteiger partial charge is 0.216 e. The first-order valence-corrected chi connectivity index (χ1v) is 5.72. The van der Waals surface area contributed by atoms with Crippen LogP contribution in [0.2, 0.25) is 0 Å². The van der Waals surface area contributed by atoms with Crippen LogP contribution in [0, 0.1) is 5.82 Å². The molecule has 94 valence electrons. The third kappa shape index (κ3) is 1.70. The van der Waals surface area contributed by atoms with Crippen LogP contribution in [0.4, 0.5) is 4.39 Å². The summed E-state index contributed by atoms with van der Waals surface area (Å²) < 4.78 is 15.3. The van der Waals surface area contributed by atoms with Gasteiger partial charge >= 0.3 is 0 Å². The Hall–Kier alpha value is -1.79. The number of aromatic nitrogens is 3. The second-order valence-corrected chi connectivity index (χ2v) is 4.28. The maximum atomic E-state index is 13.7. The van der Waals surface area contributed by atoms with Gasteiger partial charge in [0.2, 0.25) is 12.1 Å². The summed E-state index contributed by atoms with van der Waals surface area (Å²) in [6.07, 6.45) is -0.319. The van der Waals surface area contributed by atoms with Gasteiger partial charge in [0.05, 0.1) is 6.04 Å². The van der Waals surface area contributed by atoms with E-state index in [9.17, 15) is 4.39 Å². The van der Waals surface area contributed by atoms with Crippen molar-refractivity contribution in [1.82, 2.24) is 14.8 Å². The summed E-state index contributed by atoms with van der Waals surface area (Å²) in [5.41, 5.74) is 0.556. The highest BCUT2D eigenvalue weighted by atomic mass is 19.1. The highest BCUT2D eigenvalue weighted by Crippen LogP contribution is 2.32. The van der Waals surface area contributed by atoms with Crippen molar-refractivity contribution < 1.29 is 14.6 Å². The normalized spacial score (nSPS) is 18.3. The predicted octanol–water partition coefficient (Wildman–Crippen LogP) is 0.936. The molecule has 3 rings (SSSR count). The van der Waals surface area contributed by atoms with Gasteiger partial charge in [-0.25, -0.2) is 14.1 Å². The first-order chi connectivity index (χ1) is 8.66. The minimum Gasteiger partial charge on any atom is -0.362 e. The number of aliphatic hydroxyl groups excluding tert-OH is 1. The van der Waals surface area contributed by atoms with Crippen LogP contribution in [0.15, 0.2) is 24.3 Å². The molecule has 18 heavy (non-hydrogen) atoms. The van der Waals surface area contributed by atoms with E-state index in [1.165, 1.54) is 6.07 Å². The van der Waals surface area contributed by atoms with E-state index >= 15 is 0 Å². The molecule has 2 aromatic rings. The van der Waals surface area contributed by atoms with E-state index in [4.69, 9.17) is 10.2 Å². The van der Waals surface area contributed by atoms with Gasteiger partial charge in [0.15, 0.2) is 0 Å². The molecule has 1 atom stereocenters. The van der Waals surface area contributed by atoms with E-state index in [-0.39, 0.29) is 17.7 Å². The molecule has 0 fully saturated rings. The van der Waals surface area contributed by atoms with Crippen LogP contribution in [0.1, 0.15) is 36.0 Å². The van der Waals surface area contributed by atoms with E-state index in [1.54, 1.807) is 22.9 Å². The molecule has 1 aromatic carbocycles. The summed E-state index contributed by atoms with van der Waals surface area (Å²) in [6.45, 7) is 0. The van der Waals surface area contributed by atoms with Crippen molar-refractivity contribution in [3.05, 3.63) is 47.3 Å². The van der Waals surface area contributed by atoms with Crippen molar-refractivity contribution in [1.29, 1.82) is 0 Å². The minimum absolute atomic E-state index is 0.0361. The van der Waals surface area contributed by atoms with Crippen LogP contribution >= 0.6 is 0 Å². The molecule has 0 spiro atoms. The van der Waals surface area contributed by atoms with E-state index in [0.717, 1.165) is 6.42 Å². The molecule has 0 saturated carbocycles. The highest BCUT2D eigenvalue weighted by molar-refractivity contribution is 5.24. The Kier molecular flexibility index (Phi) is 2.61. The molecule has 1 aliphatic rings. The van der Waals surface area contributed by atoms with Gasteiger partial charge in [0.25, 0.3) is 0 Å². The average molecular weight is 249 g/mol. The zero-order chi connectivity index (χ0) is 12.7. The predicted molar refractivity (Wildman–Crippen MR) is 60.1 cm³/mol. The van der Waals surface area contributed by atoms with Gasteiger partial charge in [0.1, 0.15) is 11.6 Å². The molecular formula is C12H12FN3O2. The Labute approximate surface area is 103 Å². The van der Waals surface area contributed by atoms with Crippen molar-refractivity contribution >= 4 is 0 Å². The largest absolute Gasteiger partial charge is 0.362 e. The molecule has 0 radical (unpaired) electrons. The summed E-state index contributed by atoms with van der Waals surface area (Å²) in [6, 6.07) is 6.31. The molecule has 1 aromatic heterocycles. The number of nitrogens with zero attached hydrogens (tertiary/aromatic N) is 3. The number of hydrogen-bond donors (Lipinski definition) is 2. The van der Waals surface area contributed by atoms with Gasteiger partial charge in [-0.05, 0) is 12.5 Å². The van der Waals surface area contributed by atoms with E-state index in [2.05, 4.69) is 10.1 Å². The number of benzene rings is 1. The third-order valence-electron chi connectivity index (χ3n) is 3.15. The van der Waals surface area contributed by atoms with Crippen LogP contribution in [0.25, 0.3) is 0 Å². The molecule has 0 amide bonds. The maximum absolute atomic E-state index is 13.7. The lowest BCUT2D eigenvalue weighted by molar-refractivity contribution is -0.0496. The standard InChI is InChI=1S/C12H12FN3O2/c13-8-4-2-1-3-7(8)9-5-6-10-14-11(12(17)18)15-16(9)10/h1-4,9,12,17-18H,5-6H2. The molecule has 5 nitrogen and oxygen atoms in total. The molecule has 2 heterocycles. The lowest BCUT2D eigenvalue weighted by Gasteiger charge is -2.12. The van der Waals surface area contributed by atoms with Crippen molar-refractivity contribution in [3.63, 3.8) is 0 Å². The molecule has 0 aliphatic carbocycles. The highest BCUT2D eigenvalue weighted by Gasteiger charge is 2.29. The fourth-order valence-electron chi connectivity index (χ4n) is 2.32. The fourth-order valence-corrected chi connectivity index (χ4v) is 2.32. The zero-order valence-corrected chi connectivity index (χ0v) is 9.49. The number of aryl methyl sites for hydroxylation is 1. The Balaban J connectivity index is 2.02. The Morgan fingerprint density at radius 3 is 2.83 bits per heavy atom. The Morgan fingerprint density at radius 1 is 1.33 bits per heavy atom. The van der Waals surface area contributed by atoms with Crippen LogP contribution in [-0.2, 0) is 6.42 Å². The minimum atomic E-state index is -1.69. The molecule has 2 N–H and O–H groups in total. The lowest BCUT2D eigenvalue weighted by atomic mass is 10.0. The van der Waals surface area contributed by atoms with Gasteiger partial charge < -0.3 is 10.2 Å². The van der Waals surface area contributed by atoms with E-state index in [1.807, 2.05) is 0 Å². The van der Waals surface area contributed by atoms with Crippen molar-refractivity contribution in [2.75, 3.05) is 0 Å². The molecule has 6 heteroatoms. The fraction of sp³-hybridized carbons (Fsp3) is 0.333. The van der Waals surface area contributed by atoms with Crippen LogP contribution in [0.5, 0.6) is 0 Å². The molecule has 1 aliphatic heterocycles. The summed E-state index contributed by atoms with van der Waals surface area (Å²) in [4.78, 5) is 4.03. The van der Waals surface area contributed by atoms with Crippen LogP contribution < -0.4 is 0 Å². The molecular weight excluding hydrogens is 237 g/mol. The van der Waals surface area contributed by atoms with Crippen molar-refractivity contribution in [2.45, 2.75) is 25.2 Å². The Morgan fingerprint density at radius 2 is 2.11 bits per heavy atom. The summed E-state index contributed by atoms with van der Waals surface area (Å²) in [5, 5.41) is 22.1. The Bertz CT molecular complexity index is 582. The van der Waals surface area contributed by atoms with E-state index < -0.39 is 6.29 Å². The first-order valence-electron chi connectivity index (χ1n) is 5.72. The number of rotatable bonds is 2. The van der Waals surface area contributed by atoms with Crippen LogP contribution in [0.3, 0.4) is 0 Å². The monoisotopic (exact) mass is 249 g/mol. The van der Waals surface area contributed by atoms with Gasteiger partial charge in [-0.1, -0.05) is 18.2 Å². The van der Waals surface area contributed by atoms with Gasteiger partial charge in [-0.15, -0.1) is 5.10 Å². The lowest BCUT2D eigenvalue weighted by Crippen LogP contribution is -2.10. The molecule has 0 bridgehead atoms. The topological polar surface area (TPSA) is 71.2 Å². The number of hydrogen-bond acceptors (Lipinski definition) is 4. The van der Waals surface area contributed by atoms with Crippen molar-refractivity contribution in [3.8, 4) is 0 Å². The third-order valence-corrected chi connectivity index (χ3v) is 3.15. The number of aliphatic hydroxyl groups is 2. The van der Waals surface area contributed by atoms with Gasteiger partial charge in [0, 0.05) is 12.0 Å². The second-order valence-electron chi connectivity index (χ2n) is 4.28. The van der Waals surface area contributed by atoms with Crippen molar-refractivity contribution in [2.24, 2.45) is 0 Å². The average Bonchev–Trinajstić information content (AvgIpc) is 2.89.